The summed E-state index contributed by atoms with van der Waals surface area (Å²) in [6, 6.07) is 9.80. The second kappa shape index (κ2) is 8.19. The fourth-order valence-electron chi connectivity index (χ4n) is 1.96. The van der Waals surface area contributed by atoms with Crippen molar-refractivity contribution in [3.8, 4) is 0 Å². The Morgan fingerprint density at radius 1 is 1.32 bits per heavy atom. The van der Waals surface area contributed by atoms with Gasteiger partial charge in [0.2, 0.25) is 0 Å². The molecule has 0 aromatic heterocycles. The Kier molecular flexibility index (Phi) is 6.20. The Bertz CT molecular complexity index is 380. The summed E-state index contributed by atoms with van der Waals surface area (Å²) in [5.41, 5.74) is 3.55. The second-order valence-corrected chi connectivity index (χ2v) is 5.85. The van der Waals surface area contributed by atoms with Gasteiger partial charge in [-0.05, 0) is 31.5 Å². The fraction of sp³-hybridized carbons (Fsp3) is 0.500. The molecule has 1 aromatic carbocycles. The first kappa shape index (κ1) is 14.4. The molecule has 0 radical (unpaired) electrons. The second-order valence-electron chi connectivity index (χ2n) is 4.56. The van der Waals surface area contributed by atoms with Gasteiger partial charge in [-0.2, -0.15) is 0 Å². The highest BCUT2D eigenvalue weighted by Crippen LogP contribution is 2.19. The third kappa shape index (κ3) is 5.63. The summed E-state index contributed by atoms with van der Waals surface area (Å²) in [6.07, 6.45) is 2.28. The monoisotopic (exact) mass is 280 g/mol. The van der Waals surface area contributed by atoms with E-state index in [0.29, 0.717) is 17.6 Å². The molecular formula is C14H20N2O2S. The molecule has 4 nitrogen and oxygen atoms in total. The Morgan fingerprint density at radius 3 is 2.79 bits per heavy atom. The standard InChI is InChI=1S/C14H20N2O2S/c17-14(11-19-13-6-8-15-9-7-13)16-18-10-12-4-2-1-3-5-12/h1-5,13,15H,6-11H2,(H,16,17). The van der Waals surface area contributed by atoms with Gasteiger partial charge in [0.15, 0.2) is 0 Å². The molecule has 1 saturated heterocycles. The largest absolute Gasteiger partial charge is 0.317 e. The minimum absolute atomic E-state index is 0.0561. The number of hydrogen-bond acceptors (Lipinski definition) is 4. The predicted octanol–water partition coefficient (Wildman–Crippen LogP) is 1.72. The fourth-order valence-corrected chi connectivity index (χ4v) is 2.97. The van der Waals surface area contributed by atoms with Crippen molar-refractivity contribution in [2.45, 2.75) is 24.7 Å². The maximum Gasteiger partial charge on any atom is 0.253 e. The van der Waals surface area contributed by atoms with Crippen LogP contribution in [-0.4, -0.2) is 30.0 Å². The maximum absolute atomic E-state index is 11.6. The van der Waals surface area contributed by atoms with Crippen LogP contribution in [0.4, 0.5) is 0 Å². The molecule has 0 bridgehead atoms. The first-order chi connectivity index (χ1) is 9.34. The highest BCUT2D eigenvalue weighted by Gasteiger charge is 2.14. The van der Waals surface area contributed by atoms with E-state index in [1.807, 2.05) is 30.3 Å². The lowest BCUT2D eigenvalue weighted by Crippen LogP contribution is -2.31. The number of thioether (sulfide) groups is 1. The molecule has 2 rings (SSSR count). The van der Waals surface area contributed by atoms with E-state index in [-0.39, 0.29) is 5.91 Å². The van der Waals surface area contributed by atoms with Gasteiger partial charge in [0.1, 0.15) is 0 Å². The predicted molar refractivity (Wildman–Crippen MR) is 77.7 cm³/mol. The minimum atomic E-state index is -0.0561. The highest BCUT2D eigenvalue weighted by atomic mass is 32.2. The summed E-state index contributed by atoms with van der Waals surface area (Å²) in [6.45, 7) is 2.53. The zero-order valence-electron chi connectivity index (χ0n) is 10.9. The molecule has 5 heteroatoms. The number of amides is 1. The van der Waals surface area contributed by atoms with Crippen molar-refractivity contribution in [1.82, 2.24) is 10.8 Å². The number of benzene rings is 1. The van der Waals surface area contributed by atoms with E-state index in [1.165, 1.54) is 0 Å². The van der Waals surface area contributed by atoms with E-state index in [9.17, 15) is 4.79 Å². The van der Waals surface area contributed by atoms with Crippen LogP contribution in [0.1, 0.15) is 18.4 Å². The first-order valence-electron chi connectivity index (χ1n) is 6.61. The molecule has 2 N–H and O–H groups in total. The van der Waals surface area contributed by atoms with Crippen LogP contribution in [0.15, 0.2) is 30.3 Å². The number of carbonyl (C=O) groups is 1. The van der Waals surface area contributed by atoms with Crippen LogP contribution >= 0.6 is 11.8 Å². The lowest BCUT2D eigenvalue weighted by Gasteiger charge is -2.21. The van der Waals surface area contributed by atoms with Crippen LogP contribution in [0.25, 0.3) is 0 Å². The lowest BCUT2D eigenvalue weighted by atomic mass is 10.2. The molecular weight excluding hydrogens is 260 g/mol. The van der Waals surface area contributed by atoms with E-state index < -0.39 is 0 Å². The van der Waals surface area contributed by atoms with Crippen molar-refractivity contribution in [2.75, 3.05) is 18.8 Å². The van der Waals surface area contributed by atoms with E-state index in [0.717, 1.165) is 31.5 Å². The normalized spacial score (nSPS) is 16.2. The number of piperidine rings is 1. The number of hydroxylamine groups is 1. The van der Waals surface area contributed by atoms with Crippen LogP contribution in [-0.2, 0) is 16.2 Å². The Hall–Kier alpha value is -1.04. The molecule has 1 amide bonds. The molecule has 0 unspecified atom stereocenters. The highest BCUT2D eigenvalue weighted by molar-refractivity contribution is 8.00. The number of carbonyl (C=O) groups excluding carboxylic acids is 1. The summed E-state index contributed by atoms with van der Waals surface area (Å²) in [4.78, 5) is 16.8. The van der Waals surface area contributed by atoms with Crippen molar-refractivity contribution >= 4 is 17.7 Å². The minimum Gasteiger partial charge on any atom is -0.317 e. The summed E-state index contributed by atoms with van der Waals surface area (Å²) in [5.74, 6) is 0.416. The van der Waals surface area contributed by atoms with Gasteiger partial charge < -0.3 is 5.32 Å². The Labute approximate surface area is 118 Å². The molecule has 1 aromatic rings. The van der Waals surface area contributed by atoms with Crippen molar-refractivity contribution < 1.29 is 9.63 Å². The zero-order valence-corrected chi connectivity index (χ0v) is 11.7. The van der Waals surface area contributed by atoms with Gasteiger partial charge in [-0.15, -0.1) is 11.8 Å². The molecule has 0 spiro atoms. The SMILES string of the molecule is O=C(CSC1CCNCC1)NOCc1ccccc1. The van der Waals surface area contributed by atoms with Crippen LogP contribution in [0.5, 0.6) is 0 Å². The Morgan fingerprint density at radius 2 is 2.05 bits per heavy atom. The van der Waals surface area contributed by atoms with Gasteiger partial charge in [0.25, 0.3) is 5.91 Å². The summed E-state index contributed by atoms with van der Waals surface area (Å²) in [5, 5.41) is 3.91. The first-order valence-corrected chi connectivity index (χ1v) is 7.66. The molecule has 0 saturated carbocycles. The summed E-state index contributed by atoms with van der Waals surface area (Å²) < 4.78 is 0. The van der Waals surface area contributed by atoms with Crippen molar-refractivity contribution in [2.24, 2.45) is 0 Å². The van der Waals surface area contributed by atoms with Gasteiger partial charge in [0.05, 0.1) is 12.4 Å². The average molecular weight is 280 g/mol. The number of rotatable bonds is 6. The summed E-state index contributed by atoms with van der Waals surface area (Å²) in [7, 11) is 0. The van der Waals surface area contributed by atoms with E-state index in [4.69, 9.17) is 4.84 Å². The van der Waals surface area contributed by atoms with Crippen LogP contribution < -0.4 is 10.8 Å². The molecule has 0 aliphatic carbocycles. The number of hydrogen-bond donors (Lipinski definition) is 2. The molecule has 0 atom stereocenters. The molecule has 104 valence electrons. The van der Waals surface area contributed by atoms with Crippen molar-refractivity contribution in [3.05, 3.63) is 35.9 Å². The quantitative estimate of drug-likeness (QED) is 0.779. The maximum atomic E-state index is 11.6. The summed E-state index contributed by atoms with van der Waals surface area (Å²) >= 11 is 1.72. The van der Waals surface area contributed by atoms with Crippen LogP contribution in [0.3, 0.4) is 0 Å². The molecule has 1 fully saturated rings. The topological polar surface area (TPSA) is 50.4 Å². The molecule has 1 aliphatic rings. The van der Waals surface area contributed by atoms with Gasteiger partial charge in [-0.25, -0.2) is 5.48 Å². The van der Waals surface area contributed by atoms with Gasteiger partial charge in [-0.1, -0.05) is 30.3 Å². The van der Waals surface area contributed by atoms with Gasteiger partial charge >= 0.3 is 0 Å². The van der Waals surface area contributed by atoms with Gasteiger partial charge in [0, 0.05) is 5.25 Å². The third-order valence-electron chi connectivity index (χ3n) is 3.00. The van der Waals surface area contributed by atoms with Gasteiger partial charge in [-0.3, -0.25) is 9.63 Å². The van der Waals surface area contributed by atoms with Crippen molar-refractivity contribution in [3.63, 3.8) is 0 Å². The smallest absolute Gasteiger partial charge is 0.253 e. The molecule has 19 heavy (non-hydrogen) atoms. The van der Waals surface area contributed by atoms with Crippen LogP contribution in [0, 0.1) is 0 Å². The van der Waals surface area contributed by atoms with E-state index in [2.05, 4.69) is 10.8 Å². The lowest BCUT2D eigenvalue weighted by molar-refractivity contribution is -0.131. The molecule has 1 heterocycles. The Balaban J connectivity index is 1.57. The number of nitrogens with one attached hydrogen (secondary N) is 2. The zero-order chi connectivity index (χ0) is 13.3. The third-order valence-corrected chi connectivity index (χ3v) is 4.38. The molecule has 1 aliphatic heterocycles. The van der Waals surface area contributed by atoms with E-state index >= 15 is 0 Å². The average Bonchev–Trinajstić information content (AvgIpc) is 2.47. The van der Waals surface area contributed by atoms with Crippen LogP contribution in [0.2, 0.25) is 0 Å². The van der Waals surface area contributed by atoms with E-state index in [1.54, 1.807) is 11.8 Å². The van der Waals surface area contributed by atoms with Crippen molar-refractivity contribution in [1.29, 1.82) is 0 Å².